The Morgan fingerprint density at radius 1 is 1.15 bits per heavy atom. The summed E-state index contributed by atoms with van der Waals surface area (Å²) in [5.74, 6) is 0.298. The summed E-state index contributed by atoms with van der Waals surface area (Å²) in [6.45, 7) is 2.71. The molecule has 1 aromatic heterocycles. The number of aryl methyl sites for hydroxylation is 1. The van der Waals surface area contributed by atoms with Gasteiger partial charge in [0.1, 0.15) is 0 Å². The molecule has 0 aliphatic heterocycles. The van der Waals surface area contributed by atoms with E-state index in [0.29, 0.717) is 12.3 Å². The summed E-state index contributed by atoms with van der Waals surface area (Å²) >= 11 is 1.49. The normalized spacial score (nSPS) is 10.6. The monoisotopic (exact) mass is 289 g/mol. The summed E-state index contributed by atoms with van der Waals surface area (Å²) in [4.78, 5) is 13.9. The van der Waals surface area contributed by atoms with E-state index in [1.807, 2.05) is 12.3 Å². The first kappa shape index (κ1) is 14.7. The maximum atomic E-state index is 12.2. The first-order valence-electron chi connectivity index (χ1n) is 6.61. The van der Waals surface area contributed by atoms with Gasteiger partial charge < -0.3 is 9.32 Å². The fourth-order valence-corrected chi connectivity index (χ4v) is 2.34. The standard InChI is InChI=1S/C16H19NO2S/c1-4-12-5-7-13(8-6-12)11-17(2)16(18)14-9-10-15(19-14)20-3/h5-10H,4,11H2,1-3H3. The second-order valence-electron chi connectivity index (χ2n) is 4.65. The van der Waals surface area contributed by atoms with Crippen molar-refractivity contribution in [3.05, 3.63) is 53.3 Å². The van der Waals surface area contributed by atoms with Crippen LogP contribution in [0.2, 0.25) is 0 Å². The van der Waals surface area contributed by atoms with Crippen molar-refractivity contribution < 1.29 is 9.21 Å². The Balaban J connectivity index is 2.02. The maximum Gasteiger partial charge on any atom is 0.289 e. The molecule has 0 saturated carbocycles. The predicted molar refractivity (Wildman–Crippen MR) is 82.1 cm³/mol. The van der Waals surface area contributed by atoms with Gasteiger partial charge in [-0.1, -0.05) is 43.0 Å². The van der Waals surface area contributed by atoms with Crippen molar-refractivity contribution in [3.63, 3.8) is 0 Å². The number of hydrogen-bond donors (Lipinski definition) is 0. The van der Waals surface area contributed by atoms with Gasteiger partial charge in [-0.15, -0.1) is 0 Å². The van der Waals surface area contributed by atoms with E-state index in [-0.39, 0.29) is 5.91 Å². The van der Waals surface area contributed by atoms with Gasteiger partial charge in [0.15, 0.2) is 10.9 Å². The second kappa shape index (κ2) is 6.66. The maximum absolute atomic E-state index is 12.2. The van der Waals surface area contributed by atoms with Gasteiger partial charge in [0.2, 0.25) is 0 Å². The molecule has 0 fully saturated rings. The van der Waals surface area contributed by atoms with Gasteiger partial charge in [-0.2, -0.15) is 0 Å². The molecule has 106 valence electrons. The largest absolute Gasteiger partial charge is 0.445 e. The molecule has 0 saturated heterocycles. The number of hydrogen-bond acceptors (Lipinski definition) is 3. The third-order valence-corrected chi connectivity index (χ3v) is 3.81. The van der Waals surface area contributed by atoms with Crippen molar-refractivity contribution in [2.24, 2.45) is 0 Å². The van der Waals surface area contributed by atoms with Gasteiger partial charge in [0.25, 0.3) is 5.91 Å². The summed E-state index contributed by atoms with van der Waals surface area (Å²) in [6, 6.07) is 11.9. The Hall–Kier alpha value is -1.68. The van der Waals surface area contributed by atoms with Crippen molar-refractivity contribution in [3.8, 4) is 0 Å². The molecule has 0 bridgehead atoms. The van der Waals surface area contributed by atoms with Crippen LogP contribution >= 0.6 is 11.8 Å². The number of amides is 1. The molecule has 0 spiro atoms. The van der Waals surface area contributed by atoms with Crippen LogP contribution in [0, 0.1) is 0 Å². The molecular formula is C16H19NO2S. The van der Waals surface area contributed by atoms with Gasteiger partial charge in [0, 0.05) is 13.6 Å². The molecule has 1 amide bonds. The van der Waals surface area contributed by atoms with Crippen LogP contribution in [0.5, 0.6) is 0 Å². The third kappa shape index (κ3) is 3.45. The Morgan fingerprint density at radius 2 is 1.80 bits per heavy atom. The third-order valence-electron chi connectivity index (χ3n) is 3.19. The summed E-state index contributed by atoms with van der Waals surface area (Å²) in [6.07, 6.45) is 2.95. The van der Waals surface area contributed by atoms with E-state index in [1.165, 1.54) is 17.3 Å². The van der Waals surface area contributed by atoms with Gasteiger partial charge in [-0.05, 0) is 35.9 Å². The highest BCUT2D eigenvalue weighted by molar-refractivity contribution is 7.98. The average molecular weight is 289 g/mol. The summed E-state index contributed by atoms with van der Waals surface area (Å²) in [5, 5.41) is 0.758. The molecule has 0 aliphatic carbocycles. The smallest absolute Gasteiger partial charge is 0.289 e. The lowest BCUT2D eigenvalue weighted by molar-refractivity contribution is 0.0748. The summed E-state index contributed by atoms with van der Waals surface area (Å²) in [7, 11) is 1.79. The highest BCUT2D eigenvalue weighted by atomic mass is 32.2. The molecule has 2 aromatic rings. The van der Waals surface area contributed by atoms with E-state index in [9.17, 15) is 4.79 Å². The fourth-order valence-electron chi connectivity index (χ4n) is 1.96. The van der Waals surface area contributed by atoms with Crippen LogP contribution in [0.25, 0.3) is 0 Å². The number of furan rings is 1. The zero-order valence-electron chi connectivity index (χ0n) is 12.1. The number of carbonyl (C=O) groups is 1. The van der Waals surface area contributed by atoms with E-state index in [2.05, 4.69) is 31.2 Å². The molecule has 0 unspecified atom stereocenters. The SMILES string of the molecule is CCc1ccc(CN(C)C(=O)c2ccc(SC)o2)cc1. The van der Waals surface area contributed by atoms with Crippen LogP contribution in [0.15, 0.2) is 45.9 Å². The van der Waals surface area contributed by atoms with E-state index in [1.54, 1.807) is 18.0 Å². The van der Waals surface area contributed by atoms with Crippen LogP contribution < -0.4 is 0 Å². The quantitative estimate of drug-likeness (QED) is 0.784. The van der Waals surface area contributed by atoms with E-state index in [0.717, 1.165) is 17.1 Å². The molecule has 0 N–H and O–H groups in total. The molecule has 0 atom stereocenters. The molecule has 2 rings (SSSR count). The predicted octanol–water partition coefficient (Wildman–Crippen LogP) is 3.84. The van der Waals surface area contributed by atoms with Gasteiger partial charge >= 0.3 is 0 Å². The van der Waals surface area contributed by atoms with Crippen molar-refractivity contribution in [1.82, 2.24) is 4.90 Å². The van der Waals surface area contributed by atoms with E-state index < -0.39 is 0 Å². The van der Waals surface area contributed by atoms with Crippen LogP contribution in [-0.2, 0) is 13.0 Å². The van der Waals surface area contributed by atoms with Crippen LogP contribution in [0.1, 0.15) is 28.6 Å². The second-order valence-corrected chi connectivity index (χ2v) is 5.46. The van der Waals surface area contributed by atoms with Crippen molar-refractivity contribution >= 4 is 17.7 Å². The molecule has 1 heterocycles. The minimum atomic E-state index is -0.0927. The highest BCUT2D eigenvalue weighted by Gasteiger charge is 2.16. The molecule has 0 aliphatic rings. The average Bonchev–Trinajstić information content (AvgIpc) is 2.96. The van der Waals surface area contributed by atoms with Crippen LogP contribution in [-0.4, -0.2) is 24.1 Å². The number of benzene rings is 1. The minimum Gasteiger partial charge on any atom is -0.445 e. The molecule has 1 aromatic carbocycles. The molecule has 4 heteroatoms. The lowest BCUT2D eigenvalue weighted by Gasteiger charge is -2.16. The summed E-state index contributed by atoms with van der Waals surface area (Å²) in [5.41, 5.74) is 2.42. The van der Waals surface area contributed by atoms with Gasteiger partial charge in [-0.3, -0.25) is 4.79 Å². The van der Waals surface area contributed by atoms with Crippen LogP contribution in [0.4, 0.5) is 0 Å². The molecule has 0 radical (unpaired) electrons. The Morgan fingerprint density at radius 3 is 2.35 bits per heavy atom. The van der Waals surface area contributed by atoms with Crippen molar-refractivity contribution in [2.45, 2.75) is 25.0 Å². The lowest BCUT2D eigenvalue weighted by atomic mass is 10.1. The Bertz CT molecular complexity index is 574. The van der Waals surface area contributed by atoms with Gasteiger partial charge in [-0.25, -0.2) is 0 Å². The fraction of sp³-hybridized carbons (Fsp3) is 0.312. The highest BCUT2D eigenvalue weighted by Crippen LogP contribution is 2.19. The number of carbonyl (C=O) groups excluding carboxylic acids is 1. The van der Waals surface area contributed by atoms with Crippen LogP contribution in [0.3, 0.4) is 0 Å². The molecular weight excluding hydrogens is 270 g/mol. The zero-order valence-corrected chi connectivity index (χ0v) is 12.9. The number of nitrogens with zero attached hydrogens (tertiary/aromatic N) is 1. The first-order valence-corrected chi connectivity index (χ1v) is 7.83. The topological polar surface area (TPSA) is 33.5 Å². The Kier molecular flexibility index (Phi) is 4.90. The molecule has 20 heavy (non-hydrogen) atoms. The minimum absolute atomic E-state index is 0.0927. The molecule has 3 nitrogen and oxygen atoms in total. The van der Waals surface area contributed by atoms with Crippen molar-refractivity contribution in [2.75, 3.05) is 13.3 Å². The zero-order chi connectivity index (χ0) is 14.5. The number of thioether (sulfide) groups is 1. The van der Waals surface area contributed by atoms with Gasteiger partial charge in [0.05, 0.1) is 0 Å². The number of rotatable bonds is 5. The Labute approximate surface area is 124 Å². The van der Waals surface area contributed by atoms with E-state index >= 15 is 0 Å². The van der Waals surface area contributed by atoms with E-state index in [4.69, 9.17) is 4.42 Å². The lowest BCUT2D eigenvalue weighted by Crippen LogP contribution is -2.25. The summed E-state index contributed by atoms with van der Waals surface area (Å²) < 4.78 is 5.46. The first-order chi connectivity index (χ1) is 9.63. The van der Waals surface area contributed by atoms with Crippen molar-refractivity contribution in [1.29, 1.82) is 0 Å².